The maximum Gasteiger partial charge on any atom is 0.289 e. The van der Waals surface area contributed by atoms with Crippen molar-refractivity contribution >= 4 is 28.6 Å². The number of aromatic nitrogens is 1. The summed E-state index contributed by atoms with van der Waals surface area (Å²) in [5.41, 5.74) is 0.393. The molecule has 0 saturated heterocycles. The third kappa shape index (κ3) is 3.39. The number of rotatable bonds is 5. The van der Waals surface area contributed by atoms with E-state index in [0.29, 0.717) is 6.54 Å². The van der Waals surface area contributed by atoms with Gasteiger partial charge in [0.2, 0.25) is 11.2 Å². The predicted octanol–water partition coefficient (Wildman–Crippen LogP) is 3.11. The van der Waals surface area contributed by atoms with E-state index in [1.165, 1.54) is 23.3 Å². The Kier molecular flexibility index (Phi) is 4.77. The van der Waals surface area contributed by atoms with Crippen molar-refractivity contribution in [1.82, 2.24) is 9.88 Å². The molecule has 0 unspecified atom stereocenters. The molecule has 1 amide bonds. The fraction of sp³-hybridized carbons (Fsp3) is 0.188. The van der Waals surface area contributed by atoms with Gasteiger partial charge in [0.25, 0.3) is 5.91 Å². The Bertz CT molecular complexity index is 899. The van der Waals surface area contributed by atoms with E-state index in [9.17, 15) is 9.59 Å². The first-order valence-electron chi connectivity index (χ1n) is 6.99. The Morgan fingerprint density at radius 3 is 2.92 bits per heavy atom. The number of thiazole rings is 1. The molecule has 3 aromatic heterocycles. The van der Waals surface area contributed by atoms with E-state index in [1.807, 2.05) is 22.9 Å². The third-order valence-electron chi connectivity index (χ3n) is 3.26. The van der Waals surface area contributed by atoms with Gasteiger partial charge in [-0.1, -0.05) is 6.07 Å². The summed E-state index contributed by atoms with van der Waals surface area (Å²) >= 11 is 3.16. The average Bonchev–Trinajstić information content (AvgIpc) is 3.25. The summed E-state index contributed by atoms with van der Waals surface area (Å²) < 4.78 is 10.0. The van der Waals surface area contributed by atoms with Crippen molar-refractivity contribution in [3.8, 4) is 15.6 Å². The number of thiophene rings is 1. The van der Waals surface area contributed by atoms with E-state index < -0.39 is 5.43 Å². The van der Waals surface area contributed by atoms with Crippen molar-refractivity contribution in [2.45, 2.75) is 6.54 Å². The monoisotopic (exact) mass is 362 g/mol. The fourth-order valence-electron chi connectivity index (χ4n) is 2.06. The predicted molar refractivity (Wildman–Crippen MR) is 92.8 cm³/mol. The minimum Gasteiger partial charge on any atom is -0.490 e. The lowest BCUT2D eigenvalue weighted by atomic mass is 10.3. The van der Waals surface area contributed by atoms with Gasteiger partial charge in [-0.25, -0.2) is 4.98 Å². The van der Waals surface area contributed by atoms with Crippen LogP contribution in [0.25, 0.3) is 9.88 Å². The van der Waals surface area contributed by atoms with Gasteiger partial charge < -0.3 is 14.1 Å². The van der Waals surface area contributed by atoms with Gasteiger partial charge in [-0.3, -0.25) is 9.59 Å². The van der Waals surface area contributed by atoms with Gasteiger partial charge in [-0.15, -0.1) is 22.7 Å². The molecular weight excluding hydrogens is 348 g/mol. The van der Waals surface area contributed by atoms with Crippen LogP contribution in [-0.4, -0.2) is 29.9 Å². The number of methoxy groups -OCH3 is 1. The Morgan fingerprint density at radius 2 is 2.25 bits per heavy atom. The smallest absolute Gasteiger partial charge is 0.289 e. The molecule has 24 heavy (non-hydrogen) atoms. The molecule has 0 aliphatic rings. The molecule has 3 heterocycles. The Balaban J connectivity index is 1.72. The summed E-state index contributed by atoms with van der Waals surface area (Å²) in [5, 5.41) is 4.85. The molecular formula is C16H14N2O4S2. The van der Waals surface area contributed by atoms with Gasteiger partial charge >= 0.3 is 0 Å². The van der Waals surface area contributed by atoms with Crippen LogP contribution in [-0.2, 0) is 6.54 Å². The van der Waals surface area contributed by atoms with Crippen LogP contribution in [0.3, 0.4) is 0 Å². The van der Waals surface area contributed by atoms with Crippen LogP contribution in [0.1, 0.15) is 16.2 Å². The molecule has 0 bridgehead atoms. The summed E-state index contributed by atoms with van der Waals surface area (Å²) in [5.74, 6) is -0.355. The first-order valence-corrected chi connectivity index (χ1v) is 8.75. The van der Waals surface area contributed by atoms with Crippen LogP contribution in [0.5, 0.6) is 5.75 Å². The molecule has 124 valence electrons. The van der Waals surface area contributed by atoms with E-state index in [-0.39, 0.29) is 17.4 Å². The highest BCUT2D eigenvalue weighted by atomic mass is 32.1. The van der Waals surface area contributed by atoms with Crippen molar-refractivity contribution in [2.24, 2.45) is 0 Å². The number of hydrogen-bond donors (Lipinski definition) is 0. The van der Waals surface area contributed by atoms with Crippen LogP contribution in [0.2, 0.25) is 0 Å². The molecule has 0 saturated carbocycles. The van der Waals surface area contributed by atoms with E-state index in [2.05, 4.69) is 4.98 Å². The Morgan fingerprint density at radius 1 is 1.42 bits per heavy atom. The molecule has 6 nitrogen and oxygen atoms in total. The van der Waals surface area contributed by atoms with Crippen LogP contribution in [0.15, 0.2) is 44.4 Å². The second-order valence-electron chi connectivity index (χ2n) is 4.96. The number of carbonyl (C=O) groups is 1. The normalized spacial score (nSPS) is 10.6. The summed E-state index contributed by atoms with van der Waals surface area (Å²) in [7, 11) is 3.00. The molecule has 0 fully saturated rings. The maximum absolute atomic E-state index is 12.4. The average molecular weight is 362 g/mol. The van der Waals surface area contributed by atoms with Crippen molar-refractivity contribution < 1.29 is 13.9 Å². The van der Waals surface area contributed by atoms with Crippen molar-refractivity contribution in [2.75, 3.05) is 14.2 Å². The Labute approximate surface area is 146 Å². The van der Waals surface area contributed by atoms with E-state index in [1.54, 1.807) is 18.4 Å². The standard InChI is InChI=1S/C16H14N2O4S2/c1-18(16(20)12-6-11(19)13(21-2)8-22-12)7-10-9-24-15(17-10)14-4-3-5-23-14/h3-6,8-9H,7H2,1-2H3. The molecule has 0 aliphatic carbocycles. The molecule has 0 radical (unpaired) electrons. The second kappa shape index (κ2) is 6.98. The molecule has 3 aromatic rings. The van der Waals surface area contributed by atoms with Crippen molar-refractivity contribution in [1.29, 1.82) is 0 Å². The summed E-state index contributed by atoms with van der Waals surface area (Å²) in [6.45, 7) is 0.330. The highest BCUT2D eigenvalue weighted by Crippen LogP contribution is 2.28. The zero-order chi connectivity index (χ0) is 17.1. The molecule has 0 N–H and O–H groups in total. The topological polar surface area (TPSA) is 72.6 Å². The highest BCUT2D eigenvalue weighted by Gasteiger charge is 2.18. The first kappa shape index (κ1) is 16.4. The highest BCUT2D eigenvalue weighted by molar-refractivity contribution is 7.20. The molecule has 0 atom stereocenters. The third-order valence-corrected chi connectivity index (χ3v) is 5.19. The van der Waals surface area contributed by atoms with Gasteiger partial charge in [0.1, 0.15) is 11.3 Å². The summed E-state index contributed by atoms with van der Waals surface area (Å²) in [4.78, 5) is 31.2. The number of nitrogens with zero attached hydrogens (tertiary/aromatic N) is 2. The Hall–Kier alpha value is -2.45. The minimum atomic E-state index is -0.394. The lowest BCUT2D eigenvalue weighted by Gasteiger charge is -2.14. The van der Waals surface area contributed by atoms with Crippen LogP contribution < -0.4 is 10.2 Å². The number of hydrogen-bond acceptors (Lipinski definition) is 7. The second-order valence-corrected chi connectivity index (χ2v) is 6.77. The SMILES string of the molecule is COc1coc(C(=O)N(C)Cc2csc(-c3cccs3)n2)cc1=O. The van der Waals surface area contributed by atoms with E-state index >= 15 is 0 Å². The number of carbonyl (C=O) groups excluding carboxylic acids is 1. The van der Waals surface area contributed by atoms with Crippen LogP contribution >= 0.6 is 22.7 Å². The maximum atomic E-state index is 12.4. The van der Waals surface area contributed by atoms with Crippen molar-refractivity contribution in [3.05, 3.63) is 56.9 Å². The van der Waals surface area contributed by atoms with Gasteiger partial charge in [-0.2, -0.15) is 0 Å². The molecule has 3 rings (SSSR count). The van der Waals surface area contributed by atoms with Crippen LogP contribution in [0, 0.1) is 0 Å². The van der Waals surface area contributed by atoms with Gasteiger partial charge in [0, 0.05) is 18.5 Å². The zero-order valence-electron chi connectivity index (χ0n) is 13.0. The van der Waals surface area contributed by atoms with Crippen LogP contribution in [0.4, 0.5) is 0 Å². The zero-order valence-corrected chi connectivity index (χ0v) is 14.6. The first-order chi connectivity index (χ1) is 11.6. The number of amides is 1. The lowest BCUT2D eigenvalue weighted by molar-refractivity contribution is 0.0748. The number of ether oxygens (including phenoxy) is 1. The summed E-state index contributed by atoms with van der Waals surface area (Å²) in [6, 6.07) is 5.12. The molecule has 0 aliphatic heterocycles. The minimum absolute atomic E-state index is 0.0305. The summed E-state index contributed by atoms with van der Waals surface area (Å²) in [6.07, 6.45) is 1.14. The van der Waals surface area contributed by atoms with Crippen molar-refractivity contribution in [3.63, 3.8) is 0 Å². The lowest BCUT2D eigenvalue weighted by Crippen LogP contribution is -2.27. The molecule has 0 spiro atoms. The largest absolute Gasteiger partial charge is 0.490 e. The fourth-order valence-corrected chi connectivity index (χ4v) is 3.68. The van der Waals surface area contributed by atoms with Gasteiger partial charge in [0.05, 0.1) is 24.2 Å². The molecule has 8 heteroatoms. The molecule has 0 aromatic carbocycles. The van der Waals surface area contributed by atoms with Gasteiger partial charge in [-0.05, 0) is 11.4 Å². The quantitative estimate of drug-likeness (QED) is 0.697. The van der Waals surface area contributed by atoms with Gasteiger partial charge in [0.15, 0.2) is 5.76 Å². The van der Waals surface area contributed by atoms with E-state index in [0.717, 1.165) is 27.9 Å². The van der Waals surface area contributed by atoms with E-state index in [4.69, 9.17) is 9.15 Å².